The number of aliphatic hydroxyl groups excluding tert-OH is 1. The Hall–Kier alpha value is -1.62. The topological polar surface area (TPSA) is 69.5 Å². The van der Waals surface area contributed by atoms with Crippen LogP contribution in [-0.4, -0.2) is 35.2 Å². The van der Waals surface area contributed by atoms with Crippen molar-refractivity contribution in [1.29, 1.82) is 0 Å². The van der Waals surface area contributed by atoms with E-state index in [2.05, 4.69) is 34.5 Å². The molecule has 0 bridgehead atoms. The number of rotatable bonds is 6. The molecule has 0 aliphatic carbocycles. The normalized spacial score (nSPS) is 14.8. The van der Waals surface area contributed by atoms with Crippen molar-refractivity contribution in [2.45, 2.75) is 39.3 Å². The van der Waals surface area contributed by atoms with E-state index >= 15 is 0 Å². The van der Waals surface area contributed by atoms with Gasteiger partial charge >= 0.3 is 0 Å². The SMILES string of the molecule is CCNC(=NCC(O)c1ccncc1)NC(C)CC. The molecule has 5 nitrogen and oxygen atoms in total. The van der Waals surface area contributed by atoms with Crippen LogP contribution in [0.1, 0.15) is 38.9 Å². The van der Waals surface area contributed by atoms with Gasteiger partial charge in [0.2, 0.25) is 0 Å². The molecule has 0 radical (unpaired) electrons. The van der Waals surface area contributed by atoms with Crippen molar-refractivity contribution in [3.63, 3.8) is 0 Å². The van der Waals surface area contributed by atoms with E-state index in [-0.39, 0.29) is 0 Å². The summed E-state index contributed by atoms with van der Waals surface area (Å²) in [6.07, 6.45) is 3.77. The molecule has 5 heteroatoms. The Morgan fingerprint density at radius 1 is 1.37 bits per heavy atom. The maximum atomic E-state index is 10.0. The third kappa shape index (κ3) is 5.70. The highest BCUT2D eigenvalue weighted by molar-refractivity contribution is 5.80. The summed E-state index contributed by atoms with van der Waals surface area (Å²) >= 11 is 0. The smallest absolute Gasteiger partial charge is 0.191 e. The van der Waals surface area contributed by atoms with Crippen molar-refractivity contribution in [2.24, 2.45) is 4.99 Å². The molecule has 0 aliphatic heterocycles. The second kappa shape index (κ2) is 8.48. The molecule has 1 aromatic heterocycles. The zero-order valence-corrected chi connectivity index (χ0v) is 11.9. The van der Waals surface area contributed by atoms with E-state index < -0.39 is 6.10 Å². The van der Waals surface area contributed by atoms with Crippen LogP contribution in [0.3, 0.4) is 0 Å². The average Bonchev–Trinajstić information content (AvgIpc) is 2.45. The van der Waals surface area contributed by atoms with Crippen LogP contribution in [0.5, 0.6) is 0 Å². The summed E-state index contributed by atoms with van der Waals surface area (Å²) in [6.45, 7) is 7.37. The van der Waals surface area contributed by atoms with Crippen LogP contribution in [-0.2, 0) is 0 Å². The Bertz CT molecular complexity index is 380. The predicted octanol–water partition coefficient (Wildman–Crippen LogP) is 1.47. The van der Waals surface area contributed by atoms with Gasteiger partial charge in [-0.25, -0.2) is 0 Å². The first kappa shape index (κ1) is 15.4. The molecule has 0 saturated carbocycles. The summed E-state index contributed by atoms with van der Waals surface area (Å²) in [4.78, 5) is 8.33. The molecule has 0 spiro atoms. The number of aromatic nitrogens is 1. The number of hydrogen-bond donors (Lipinski definition) is 3. The number of nitrogens with one attached hydrogen (secondary N) is 2. The van der Waals surface area contributed by atoms with E-state index in [0.717, 1.165) is 24.5 Å². The third-order valence-corrected chi connectivity index (χ3v) is 2.85. The molecule has 0 saturated heterocycles. The van der Waals surface area contributed by atoms with Gasteiger partial charge in [-0.2, -0.15) is 0 Å². The highest BCUT2D eigenvalue weighted by Gasteiger charge is 2.07. The van der Waals surface area contributed by atoms with Gasteiger partial charge in [-0.15, -0.1) is 0 Å². The third-order valence-electron chi connectivity index (χ3n) is 2.85. The first-order valence-corrected chi connectivity index (χ1v) is 6.80. The number of aliphatic imine (C=N–C) groups is 1. The fourth-order valence-electron chi connectivity index (χ4n) is 1.52. The fraction of sp³-hybridized carbons (Fsp3) is 0.571. The average molecular weight is 264 g/mol. The van der Waals surface area contributed by atoms with E-state index in [9.17, 15) is 5.11 Å². The van der Waals surface area contributed by atoms with Gasteiger partial charge < -0.3 is 15.7 Å². The van der Waals surface area contributed by atoms with Crippen LogP contribution in [0.25, 0.3) is 0 Å². The van der Waals surface area contributed by atoms with Crippen molar-refractivity contribution in [3.05, 3.63) is 30.1 Å². The Morgan fingerprint density at radius 2 is 2.05 bits per heavy atom. The van der Waals surface area contributed by atoms with Gasteiger partial charge in [-0.05, 0) is 38.0 Å². The summed E-state index contributed by atoms with van der Waals surface area (Å²) in [5.41, 5.74) is 0.832. The van der Waals surface area contributed by atoms with Crippen LogP contribution < -0.4 is 10.6 Å². The van der Waals surface area contributed by atoms with Crippen LogP contribution in [0, 0.1) is 0 Å². The molecule has 1 rings (SSSR count). The lowest BCUT2D eigenvalue weighted by molar-refractivity contribution is 0.187. The van der Waals surface area contributed by atoms with E-state index in [0.29, 0.717) is 12.6 Å². The molecule has 106 valence electrons. The van der Waals surface area contributed by atoms with Gasteiger partial charge in [0.15, 0.2) is 5.96 Å². The lowest BCUT2D eigenvalue weighted by Gasteiger charge is -2.17. The van der Waals surface area contributed by atoms with E-state index in [1.54, 1.807) is 24.5 Å². The van der Waals surface area contributed by atoms with Crippen molar-refractivity contribution in [1.82, 2.24) is 15.6 Å². The molecule has 3 N–H and O–H groups in total. The summed E-state index contributed by atoms with van der Waals surface area (Å²) in [5, 5.41) is 16.5. The van der Waals surface area contributed by atoms with E-state index in [1.807, 2.05) is 6.92 Å². The van der Waals surface area contributed by atoms with Crippen LogP contribution >= 0.6 is 0 Å². The molecule has 0 amide bonds. The van der Waals surface area contributed by atoms with Crippen molar-refractivity contribution >= 4 is 5.96 Å². The number of nitrogens with zero attached hydrogens (tertiary/aromatic N) is 2. The molecule has 1 heterocycles. The second-order valence-corrected chi connectivity index (χ2v) is 4.47. The largest absolute Gasteiger partial charge is 0.386 e. The molecule has 0 aliphatic rings. The van der Waals surface area contributed by atoms with Gasteiger partial charge in [-0.1, -0.05) is 6.92 Å². The molecule has 0 aromatic carbocycles. The Balaban J connectivity index is 2.59. The molecule has 1 aromatic rings. The minimum atomic E-state index is -0.601. The highest BCUT2D eigenvalue weighted by atomic mass is 16.3. The summed E-state index contributed by atoms with van der Waals surface area (Å²) < 4.78 is 0. The summed E-state index contributed by atoms with van der Waals surface area (Å²) in [6, 6.07) is 3.96. The van der Waals surface area contributed by atoms with E-state index in [1.165, 1.54) is 0 Å². The van der Waals surface area contributed by atoms with Gasteiger partial charge in [0.25, 0.3) is 0 Å². The standard InChI is InChI=1S/C14H24N4O/c1-4-11(3)18-14(16-5-2)17-10-13(19)12-6-8-15-9-7-12/h6-9,11,13,19H,4-5,10H2,1-3H3,(H2,16,17,18). The number of pyridine rings is 1. The van der Waals surface area contributed by atoms with Gasteiger partial charge in [0, 0.05) is 25.0 Å². The molecule has 0 fully saturated rings. The second-order valence-electron chi connectivity index (χ2n) is 4.47. The van der Waals surface area contributed by atoms with Crippen LogP contribution in [0.4, 0.5) is 0 Å². The molecular weight excluding hydrogens is 240 g/mol. The maximum absolute atomic E-state index is 10.0. The Labute approximate surface area is 115 Å². The maximum Gasteiger partial charge on any atom is 0.191 e. The molecule has 2 atom stereocenters. The molecular formula is C14H24N4O. The lowest BCUT2D eigenvalue weighted by atomic mass is 10.1. The van der Waals surface area contributed by atoms with Gasteiger partial charge in [0.05, 0.1) is 12.6 Å². The minimum Gasteiger partial charge on any atom is -0.386 e. The van der Waals surface area contributed by atoms with Gasteiger partial charge in [0.1, 0.15) is 0 Å². The van der Waals surface area contributed by atoms with Crippen LogP contribution in [0.2, 0.25) is 0 Å². The summed E-state index contributed by atoms with van der Waals surface area (Å²) in [5.74, 6) is 0.741. The summed E-state index contributed by atoms with van der Waals surface area (Å²) in [7, 11) is 0. The number of hydrogen-bond acceptors (Lipinski definition) is 3. The fourth-order valence-corrected chi connectivity index (χ4v) is 1.52. The van der Waals surface area contributed by atoms with Gasteiger partial charge in [-0.3, -0.25) is 9.98 Å². The monoisotopic (exact) mass is 264 g/mol. The van der Waals surface area contributed by atoms with Crippen molar-refractivity contribution in [3.8, 4) is 0 Å². The first-order valence-electron chi connectivity index (χ1n) is 6.80. The Kier molecular flexibility index (Phi) is 6.89. The van der Waals surface area contributed by atoms with Crippen LogP contribution in [0.15, 0.2) is 29.5 Å². The van der Waals surface area contributed by atoms with Crippen molar-refractivity contribution < 1.29 is 5.11 Å². The lowest BCUT2D eigenvalue weighted by Crippen LogP contribution is -2.42. The molecule has 19 heavy (non-hydrogen) atoms. The molecule has 2 unspecified atom stereocenters. The minimum absolute atomic E-state index is 0.329. The van der Waals surface area contributed by atoms with E-state index in [4.69, 9.17) is 0 Å². The van der Waals surface area contributed by atoms with Crippen molar-refractivity contribution in [2.75, 3.05) is 13.1 Å². The predicted molar refractivity (Wildman–Crippen MR) is 78.1 cm³/mol. The first-order chi connectivity index (χ1) is 9.17. The zero-order valence-electron chi connectivity index (χ0n) is 11.9. The number of aliphatic hydroxyl groups is 1. The Morgan fingerprint density at radius 3 is 2.63 bits per heavy atom. The quantitative estimate of drug-likeness (QED) is 0.537. The zero-order chi connectivity index (χ0) is 14.1. The number of guanidine groups is 1. The highest BCUT2D eigenvalue weighted by Crippen LogP contribution is 2.10.